The highest BCUT2D eigenvalue weighted by molar-refractivity contribution is 7.18. The fourth-order valence-electron chi connectivity index (χ4n) is 2.69. The minimum absolute atomic E-state index is 0.155. The predicted octanol–water partition coefficient (Wildman–Crippen LogP) is 3.03. The van der Waals surface area contributed by atoms with E-state index in [9.17, 15) is 9.90 Å². The second-order valence-electron chi connectivity index (χ2n) is 5.52. The number of aliphatic hydroxyl groups is 1. The zero-order valence-electron chi connectivity index (χ0n) is 11.9. The third kappa shape index (κ3) is 3.51. The molecule has 0 unspecified atom stereocenters. The molecule has 112 valence electrons. The van der Waals surface area contributed by atoms with Gasteiger partial charge in [-0.2, -0.15) is 0 Å². The standard InChI is InChI=1S/C15H19N3O2S/c1-9-16-13-7-4-11(8-14(13)21-9)18-15(20)17-10-2-5-12(19)6-3-10/h4,7-8,10,12,19H,2-3,5-6H2,1H3,(H2,17,18,20). The molecule has 1 aliphatic rings. The number of fused-ring (bicyclic) bond motifs is 1. The van der Waals surface area contributed by atoms with E-state index in [0.717, 1.165) is 46.6 Å². The molecule has 1 fully saturated rings. The Morgan fingerprint density at radius 3 is 2.86 bits per heavy atom. The maximum atomic E-state index is 12.0. The SMILES string of the molecule is Cc1nc2ccc(NC(=O)NC3CCC(O)CC3)cc2s1. The van der Waals surface area contributed by atoms with Gasteiger partial charge in [0.05, 0.1) is 21.3 Å². The number of urea groups is 1. The first-order valence-corrected chi connectivity index (χ1v) is 8.04. The summed E-state index contributed by atoms with van der Waals surface area (Å²) in [7, 11) is 0. The van der Waals surface area contributed by atoms with Crippen LogP contribution in [-0.4, -0.2) is 28.3 Å². The van der Waals surface area contributed by atoms with E-state index in [2.05, 4.69) is 15.6 Å². The Bertz CT molecular complexity index is 647. The number of hydrogen-bond donors (Lipinski definition) is 3. The van der Waals surface area contributed by atoms with Crippen LogP contribution in [0.5, 0.6) is 0 Å². The van der Waals surface area contributed by atoms with Crippen molar-refractivity contribution in [1.82, 2.24) is 10.3 Å². The van der Waals surface area contributed by atoms with E-state index in [-0.39, 0.29) is 18.2 Å². The average molecular weight is 305 g/mol. The third-order valence-electron chi connectivity index (χ3n) is 3.79. The van der Waals surface area contributed by atoms with Crippen LogP contribution in [0, 0.1) is 6.92 Å². The Balaban J connectivity index is 1.60. The lowest BCUT2D eigenvalue weighted by atomic mass is 9.93. The number of aryl methyl sites for hydroxylation is 1. The number of carbonyl (C=O) groups is 1. The molecule has 1 saturated carbocycles. The number of anilines is 1. The molecule has 21 heavy (non-hydrogen) atoms. The summed E-state index contributed by atoms with van der Waals surface area (Å²) < 4.78 is 1.08. The van der Waals surface area contributed by atoms with Gasteiger partial charge in [0.2, 0.25) is 0 Å². The van der Waals surface area contributed by atoms with Crippen molar-refractivity contribution in [2.45, 2.75) is 44.8 Å². The summed E-state index contributed by atoms with van der Waals surface area (Å²) in [5, 5.41) is 16.3. The van der Waals surface area contributed by atoms with Crippen molar-refractivity contribution in [3.8, 4) is 0 Å². The lowest BCUT2D eigenvalue weighted by Gasteiger charge is -2.26. The van der Waals surface area contributed by atoms with E-state index in [0.29, 0.717) is 0 Å². The number of rotatable bonds is 2. The van der Waals surface area contributed by atoms with Crippen molar-refractivity contribution < 1.29 is 9.90 Å². The van der Waals surface area contributed by atoms with Crippen LogP contribution in [0.15, 0.2) is 18.2 Å². The molecule has 6 heteroatoms. The highest BCUT2D eigenvalue weighted by atomic mass is 32.1. The molecule has 1 aliphatic carbocycles. The first-order chi connectivity index (χ1) is 10.1. The van der Waals surface area contributed by atoms with Crippen molar-refractivity contribution in [1.29, 1.82) is 0 Å². The lowest BCUT2D eigenvalue weighted by Crippen LogP contribution is -2.40. The van der Waals surface area contributed by atoms with E-state index >= 15 is 0 Å². The molecule has 0 aliphatic heterocycles. The van der Waals surface area contributed by atoms with Crippen molar-refractivity contribution >= 4 is 33.3 Å². The Labute approximate surface area is 127 Å². The summed E-state index contributed by atoms with van der Waals surface area (Å²) in [5.41, 5.74) is 1.74. The van der Waals surface area contributed by atoms with Crippen molar-refractivity contribution in [2.24, 2.45) is 0 Å². The van der Waals surface area contributed by atoms with Crippen LogP contribution >= 0.6 is 11.3 Å². The monoisotopic (exact) mass is 305 g/mol. The predicted molar refractivity (Wildman–Crippen MR) is 84.8 cm³/mol. The lowest BCUT2D eigenvalue weighted by molar-refractivity contribution is 0.118. The molecule has 0 radical (unpaired) electrons. The first kappa shape index (κ1) is 14.3. The fourth-order valence-corrected chi connectivity index (χ4v) is 3.56. The second kappa shape index (κ2) is 5.99. The smallest absolute Gasteiger partial charge is 0.319 e. The normalized spacial score (nSPS) is 22.2. The molecule has 1 heterocycles. The number of carbonyl (C=O) groups excluding carboxylic acids is 1. The summed E-state index contributed by atoms with van der Waals surface area (Å²) in [6, 6.07) is 5.71. The minimum atomic E-state index is -0.205. The molecule has 3 N–H and O–H groups in total. The quantitative estimate of drug-likeness (QED) is 0.798. The van der Waals surface area contributed by atoms with Crippen molar-refractivity contribution in [3.63, 3.8) is 0 Å². The second-order valence-corrected chi connectivity index (χ2v) is 6.75. The van der Waals surface area contributed by atoms with Gasteiger partial charge in [-0.05, 0) is 50.8 Å². The van der Waals surface area contributed by atoms with Crippen LogP contribution in [0.3, 0.4) is 0 Å². The van der Waals surface area contributed by atoms with Crippen molar-refractivity contribution in [3.05, 3.63) is 23.2 Å². The van der Waals surface area contributed by atoms with Gasteiger partial charge in [0, 0.05) is 11.7 Å². The van der Waals surface area contributed by atoms with E-state index in [1.165, 1.54) is 0 Å². The van der Waals surface area contributed by atoms with Gasteiger partial charge in [0.15, 0.2) is 0 Å². The number of aliphatic hydroxyl groups excluding tert-OH is 1. The van der Waals surface area contributed by atoms with Gasteiger partial charge >= 0.3 is 6.03 Å². The highest BCUT2D eigenvalue weighted by Crippen LogP contribution is 2.25. The van der Waals surface area contributed by atoms with Gasteiger partial charge < -0.3 is 15.7 Å². The zero-order chi connectivity index (χ0) is 14.8. The van der Waals surface area contributed by atoms with Crippen LogP contribution in [0.4, 0.5) is 10.5 Å². The summed E-state index contributed by atoms with van der Waals surface area (Å²) in [5.74, 6) is 0. The van der Waals surface area contributed by atoms with Gasteiger partial charge in [-0.3, -0.25) is 0 Å². The number of nitrogens with one attached hydrogen (secondary N) is 2. The Hall–Kier alpha value is -1.66. The highest BCUT2D eigenvalue weighted by Gasteiger charge is 2.20. The molecule has 0 bridgehead atoms. The van der Waals surface area contributed by atoms with E-state index in [1.54, 1.807) is 11.3 Å². The molecular formula is C15H19N3O2S. The van der Waals surface area contributed by atoms with Crippen LogP contribution in [0.2, 0.25) is 0 Å². The van der Waals surface area contributed by atoms with Crippen LogP contribution < -0.4 is 10.6 Å². The number of amides is 2. The van der Waals surface area contributed by atoms with Gasteiger partial charge in [-0.1, -0.05) is 0 Å². The Morgan fingerprint density at radius 1 is 1.33 bits per heavy atom. The molecule has 5 nitrogen and oxygen atoms in total. The number of hydrogen-bond acceptors (Lipinski definition) is 4. The van der Waals surface area contributed by atoms with Crippen LogP contribution in [0.25, 0.3) is 10.2 Å². The molecule has 0 spiro atoms. The number of nitrogens with zero attached hydrogens (tertiary/aromatic N) is 1. The minimum Gasteiger partial charge on any atom is -0.393 e. The van der Waals surface area contributed by atoms with Crippen molar-refractivity contribution in [2.75, 3.05) is 5.32 Å². The van der Waals surface area contributed by atoms with Gasteiger partial charge in [-0.25, -0.2) is 9.78 Å². The molecule has 2 amide bonds. The van der Waals surface area contributed by atoms with E-state index < -0.39 is 0 Å². The summed E-state index contributed by atoms with van der Waals surface area (Å²) in [4.78, 5) is 16.4. The van der Waals surface area contributed by atoms with Crippen LogP contribution in [-0.2, 0) is 0 Å². The van der Waals surface area contributed by atoms with Gasteiger partial charge in [-0.15, -0.1) is 11.3 Å². The molecule has 2 aromatic rings. The summed E-state index contributed by atoms with van der Waals surface area (Å²) in [6.07, 6.45) is 2.99. The van der Waals surface area contributed by atoms with Gasteiger partial charge in [0.1, 0.15) is 0 Å². The van der Waals surface area contributed by atoms with Crippen LogP contribution in [0.1, 0.15) is 30.7 Å². The molecular weight excluding hydrogens is 286 g/mol. The summed E-state index contributed by atoms with van der Waals surface area (Å²) >= 11 is 1.62. The molecule has 1 aromatic carbocycles. The number of thiazole rings is 1. The maximum Gasteiger partial charge on any atom is 0.319 e. The van der Waals surface area contributed by atoms with E-state index in [4.69, 9.17) is 0 Å². The van der Waals surface area contributed by atoms with Gasteiger partial charge in [0.25, 0.3) is 0 Å². The molecule has 1 aromatic heterocycles. The third-order valence-corrected chi connectivity index (χ3v) is 4.72. The number of benzene rings is 1. The molecule has 0 atom stereocenters. The maximum absolute atomic E-state index is 12.0. The topological polar surface area (TPSA) is 74.2 Å². The molecule has 3 rings (SSSR count). The van der Waals surface area contributed by atoms with E-state index in [1.807, 2.05) is 25.1 Å². The average Bonchev–Trinajstić information content (AvgIpc) is 2.80. The number of aromatic nitrogens is 1. The largest absolute Gasteiger partial charge is 0.393 e. The Kier molecular flexibility index (Phi) is 4.07. The fraction of sp³-hybridized carbons (Fsp3) is 0.467. The Morgan fingerprint density at radius 2 is 2.10 bits per heavy atom. The molecule has 0 saturated heterocycles. The first-order valence-electron chi connectivity index (χ1n) is 7.23. The summed E-state index contributed by atoms with van der Waals surface area (Å²) in [6.45, 7) is 1.97. The zero-order valence-corrected chi connectivity index (χ0v) is 12.7.